The second kappa shape index (κ2) is 7.40. The van der Waals surface area contributed by atoms with Crippen LogP contribution in [0.3, 0.4) is 0 Å². The highest BCUT2D eigenvalue weighted by Gasteiger charge is 2.28. The van der Waals surface area contributed by atoms with E-state index in [2.05, 4.69) is 5.32 Å². The fourth-order valence-corrected chi connectivity index (χ4v) is 2.94. The third-order valence-corrected chi connectivity index (χ3v) is 4.07. The van der Waals surface area contributed by atoms with E-state index < -0.39 is 18.1 Å². The number of carbonyl (C=O) groups excluding carboxylic acids is 1. The molecule has 2 rings (SSSR count). The largest absolute Gasteiger partial charge is 0.480 e. The van der Waals surface area contributed by atoms with Gasteiger partial charge in [0.2, 0.25) is 5.91 Å². The zero-order valence-corrected chi connectivity index (χ0v) is 13.2. The third kappa shape index (κ3) is 3.65. The summed E-state index contributed by atoms with van der Waals surface area (Å²) in [7, 11) is 0. The van der Waals surface area contributed by atoms with Gasteiger partial charge in [-0.25, -0.2) is 0 Å². The van der Waals surface area contributed by atoms with Crippen molar-refractivity contribution in [1.82, 2.24) is 5.32 Å². The Labute approximate surface area is 131 Å². The lowest BCUT2D eigenvalue weighted by atomic mass is 10.0. The molecule has 1 amide bonds. The minimum atomic E-state index is -0.902. The molecule has 0 spiro atoms. The standard InChI is InChI=1S/C17H24N2O3/c1-3-7-14(17(21)22)18-12(2)16(20)19-11-6-9-13-8-4-5-10-15(13)19/h4-5,8,10,12,14,18H,3,6-7,9,11H2,1-2H3,(H,21,22). The van der Waals surface area contributed by atoms with E-state index in [0.717, 1.165) is 24.9 Å². The van der Waals surface area contributed by atoms with Crippen LogP contribution >= 0.6 is 0 Å². The number of rotatable bonds is 6. The van der Waals surface area contributed by atoms with E-state index in [4.69, 9.17) is 0 Å². The fraction of sp³-hybridized carbons (Fsp3) is 0.529. The van der Waals surface area contributed by atoms with Crippen LogP contribution in [0.5, 0.6) is 0 Å². The summed E-state index contributed by atoms with van der Waals surface area (Å²) in [5.74, 6) is -0.963. The molecular weight excluding hydrogens is 280 g/mol. The molecule has 1 aliphatic heterocycles. The zero-order chi connectivity index (χ0) is 16.1. The average molecular weight is 304 g/mol. The van der Waals surface area contributed by atoms with Crippen molar-refractivity contribution in [1.29, 1.82) is 0 Å². The minimum absolute atomic E-state index is 0.0606. The van der Waals surface area contributed by atoms with Gasteiger partial charge in [0, 0.05) is 12.2 Å². The molecule has 22 heavy (non-hydrogen) atoms. The van der Waals surface area contributed by atoms with Crippen molar-refractivity contribution >= 4 is 17.6 Å². The van der Waals surface area contributed by atoms with Crippen molar-refractivity contribution in [3.8, 4) is 0 Å². The highest BCUT2D eigenvalue weighted by Crippen LogP contribution is 2.27. The topological polar surface area (TPSA) is 69.6 Å². The molecule has 0 saturated heterocycles. The molecule has 2 atom stereocenters. The maximum atomic E-state index is 12.7. The van der Waals surface area contributed by atoms with E-state index in [9.17, 15) is 14.7 Å². The van der Waals surface area contributed by atoms with Gasteiger partial charge in [-0.3, -0.25) is 14.9 Å². The number of benzene rings is 1. The summed E-state index contributed by atoms with van der Waals surface area (Å²) in [6.07, 6.45) is 3.20. The molecular formula is C17H24N2O3. The Bertz CT molecular complexity index is 544. The Balaban J connectivity index is 2.10. The van der Waals surface area contributed by atoms with Gasteiger partial charge in [0.25, 0.3) is 0 Å². The molecule has 0 bridgehead atoms. The van der Waals surface area contributed by atoms with Crippen molar-refractivity contribution < 1.29 is 14.7 Å². The first-order valence-corrected chi connectivity index (χ1v) is 7.92. The van der Waals surface area contributed by atoms with Gasteiger partial charge >= 0.3 is 5.97 Å². The van der Waals surface area contributed by atoms with E-state index in [1.54, 1.807) is 11.8 Å². The van der Waals surface area contributed by atoms with Gasteiger partial charge in [0.05, 0.1) is 6.04 Å². The van der Waals surface area contributed by atoms with E-state index >= 15 is 0 Å². The normalized spacial score (nSPS) is 16.7. The van der Waals surface area contributed by atoms with Crippen LogP contribution in [0.2, 0.25) is 0 Å². The number of nitrogens with zero attached hydrogens (tertiary/aromatic N) is 1. The summed E-state index contributed by atoms with van der Waals surface area (Å²) in [5.41, 5.74) is 2.13. The van der Waals surface area contributed by atoms with Crippen molar-refractivity contribution in [3.63, 3.8) is 0 Å². The van der Waals surface area contributed by atoms with Crippen molar-refractivity contribution in [3.05, 3.63) is 29.8 Å². The first-order chi connectivity index (χ1) is 10.5. The predicted octanol–water partition coefficient (Wildman–Crippen LogP) is 2.20. The summed E-state index contributed by atoms with van der Waals surface area (Å²) in [6.45, 7) is 4.36. The zero-order valence-electron chi connectivity index (χ0n) is 13.2. The SMILES string of the molecule is CCCC(NC(C)C(=O)N1CCCc2ccccc21)C(=O)O. The number of fused-ring (bicyclic) bond motifs is 1. The molecule has 5 nitrogen and oxygen atoms in total. The Morgan fingerprint density at radius 2 is 2.09 bits per heavy atom. The molecule has 0 aliphatic carbocycles. The number of hydrogen-bond acceptors (Lipinski definition) is 3. The fourth-order valence-electron chi connectivity index (χ4n) is 2.94. The number of amides is 1. The summed E-state index contributed by atoms with van der Waals surface area (Å²) >= 11 is 0. The van der Waals surface area contributed by atoms with Crippen LogP contribution in [0.1, 0.15) is 38.7 Å². The summed E-state index contributed by atoms with van der Waals surface area (Å²) in [5, 5.41) is 12.2. The number of hydrogen-bond donors (Lipinski definition) is 2. The van der Waals surface area contributed by atoms with Gasteiger partial charge in [0.1, 0.15) is 6.04 Å². The number of para-hydroxylation sites is 1. The quantitative estimate of drug-likeness (QED) is 0.845. The first-order valence-electron chi connectivity index (χ1n) is 7.92. The Hall–Kier alpha value is -1.88. The average Bonchev–Trinajstić information content (AvgIpc) is 2.53. The molecule has 1 aromatic carbocycles. The molecule has 0 saturated carbocycles. The van der Waals surface area contributed by atoms with Gasteiger partial charge < -0.3 is 10.0 Å². The van der Waals surface area contributed by atoms with E-state index in [-0.39, 0.29) is 5.91 Å². The minimum Gasteiger partial charge on any atom is -0.480 e. The number of aryl methyl sites for hydroxylation is 1. The summed E-state index contributed by atoms with van der Waals surface area (Å²) in [6, 6.07) is 6.72. The lowest BCUT2D eigenvalue weighted by Gasteiger charge is -2.32. The number of nitrogens with one attached hydrogen (secondary N) is 1. The maximum absolute atomic E-state index is 12.7. The molecule has 0 fully saturated rings. The Kier molecular flexibility index (Phi) is 5.55. The predicted molar refractivity (Wildman–Crippen MR) is 86.0 cm³/mol. The van der Waals surface area contributed by atoms with Crippen molar-refractivity contribution in [2.24, 2.45) is 0 Å². The van der Waals surface area contributed by atoms with Gasteiger partial charge in [-0.05, 0) is 37.8 Å². The van der Waals surface area contributed by atoms with Crippen LogP contribution in [0.25, 0.3) is 0 Å². The molecule has 0 radical (unpaired) electrons. The van der Waals surface area contributed by atoms with Crippen LogP contribution in [-0.2, 0) is 16.0 Å². The lowest BCUT2D eigenvalue weighted by molar-refractivity contribution is -0.140. The summed E-state index contributed by atoms with van der Waals surface area (Å²) in [4.78, 5) is 25.7. The lowest BCUT2D eigenvalue weighted by Crippen LogP contribution is -2.51. The molecule has 1 aromatic rings. The monoisotopic (exact) mass is 304 g/mol. The smallest absolute Gasteiger partial charge is 0.320 e. The highest BCUT2D eigenvalue weighted by atomic mass is 16.4. The number of aliphatic carboxylic acids is 1. The second-order valence-electron chi connectivity index (χ2n) is 5.79. The van der Waals surface area contributed by atoms with Crippen molar-refractivity contribution in [2.75, 3.05) is 11.4 Å². The molecule has 0 aromatic heterocycles. The van der Waals surface area contributed by atoms with Crippen LogP contribution in [-0.4, -0.2) is 35.6 Å². The molecule has 1 heterocycles. The number of carboxylic acids is 1. The number of carboxylic acid groups (broad SMARTS) is 1. The van der Waals surface area contributed by atoms with E-state index in [1.807, 2.05) is 31.2 Å². The molecule has 5 heteroatoms. The second-order valence-corrected chi connectivity index (χ2v) is 5.79. The molecule has 2 N–H and O–H groups in total. The third-order valence-electron chi connectivity index (χ3n) is 4.07. The molecule has 1 aliphatic rings. The Morgan fingerprint density at radius 3 is 2.77 bits per heavy atom. The number of carbonyl (C=O) groups is 2. The van der Waals surface area contributed by atoms with E-state index in [0.29, 0.717) is 13.0 Å². The van der Waals surface area contributed by atoms with Crippen molar-refractivity contribution in [2.45, 2.75) is 51.6 Å². The highest BCUT2D eigenvalue weighted by molar-refractivity contribution is 5.98. The van der Waals surface area contributed by atoms with Gasteiger partial charge in [-0.2, -0.15) is 0 Å². The van der Waals surface area contributed by atoms with E-state index in [1.165, 1.54) is 5.56 Å². The van der Waals surface area contributed by atoms with Gasteiger partial charge in [-0.15, -0.1) is 0 Å². The maximum Gasteiger partial charge on any atom is 0.320 e. The van der Waals surface area contributed by atoms with Crippen LogP contribution < -0.4 is 10.2 Å². The van der Waals surface area contributed by atoms with Crippen LogP contribution in [0.15, 0.2) is 24.3 Å². The van der Waals surface area contributed by atoms with Gasteiger partial charge in [-0.1, -0.05) is 31.5 Å². The van der Waals surface area contributed by atoms with Crippen LogP contribution in [0, 0.1) is 0 Å². The number of anilines is 1. The van der Waals surface area contributed by atoms with Gasteiger partial charge in [0.15, 0.2) is 0 Å². The Morgan fingerprint density at radius 1 is 1.36 bits per heavy atom. The summed E-state index contributed by atoms with van der Waals surface area (Å²) < 4.78 is 0. The first kappa shape index (κ1) is 16.5. The molecule has 2 unspecified atom stereocenters. The molecule has 120 valence electrons. The van der Waals surface area contributed by atoms with Crippen LogP contribution in [0.4, 0.5) is 5.69 Å².